The third kappa shape index (κ3) is 2.58. The molecule has 5 aromatic rings. The van der Waals surface area contributed by atoms with E-state index in [0.717, 1.165) is 20.4 Å². The average molecular weight is 406 g/mol. The van der Waals surface area contributed by atoms with Crippen LogP contribution in [0, 0.1) is 0 Å². The molecule has 28 heavy (non-hydrogen) atoms. The SMILES string of the molecule is O=c1[nH]c2cc(-c3ccccc3Cl)sc2c(=O)n1-c1cccc2cccnc12. The van der Waals surface area contributed by atoms with Crippen molar-refractivity contribution in [3.05, 3.63) is 92.7 Å². The molecule has 7 heteroatoms. The number of thiophene rings is 1. The van der Waals surface area contributed by atoms with Gasteiger partial charge in [0.15, 0.2) is 0 Å². The normalized spacial score (nSPS) is 11.3. The quantitative estimate of drug-likeness (QED) is 0.466. The summed E-state index contributed by atoms with van der Waals surface area (Å²) < 4.78 is 1.60. The van der Waals surface area contributed by atoms with Gasteiger partial charge >= 0.3 is 5.69 Å². The molecule has 0 aliphatic heterocycles. The number of para-hydroxylation sites is 1. The predicted octanol–water partition coefficient (Wildman–Crippen LogP) is 4.61. The van der Waals surface area contributed by atoms with E-state index in [1.165, 1.54) is 11.3 Å². The van der Waals surface area contributed by atoms with E-state index in [9.17, 15) is 9.59 Å². The number of hydrogen-bond donors (Lipinski definition) is 1. The van der Waals surface area contributed by atoms with E-state index in [2.05, 4.69) is 9.97 Å². The summed E-state index contributed by atoms with van der Waals surface area (Å²) in [5.41, 5.74) is 1.50. The van der Waals surface area contributed by atoms with Crippen molar-refractivity contribution in [3.8, 4) is 16.1 Å². The van der Waals surface area contributed by atoms with Crippen LogP contribution in [0.5, 0.6) is 0 Å². The van der Waals surface area contributed by atoms with Gasteiger partial charge < -0.3 is 4.98 Å². The van der Waals surface area contributed by atoms with Crippen molar-refractivity contribution in [3.63, 3.8) is 0 Å². The molecule has 0 saturated carbocycles. The third-order valence-corrected chi connectivity index (χ3v) is 6.05. The zero-order valence-electron chi connectivity index (χ0n) is 14.3. The third-order valence-electron chi connectivity index (χ3n) is 4.57. The van der Waals surface area contributed by atoms with E-state index < -0.39 is 5.69 Å². The molecule has 0 fully saturated rings. The molecule has 0 aliphatic rings. The highest BCUT2D eigenvalue weighted by molar-refractivity contribution is 7.22. The summed E-state index contributed by atoms with van der Waals surface area (Å²) in [6, 6.07) is 18.3. The Morgan fingerprint density at radius 2 is 1.82 bits per heavy atom. The molecule has 0 atom stereocenters. The number of fused-ring (bicyclic) bond motifs is 2. The van der Waals surface area contributed by atoms with Crippen molar-refractivity contribution < 1.29 is 0 Å². The molecule has 2 aromatic carbocycles. The number of hydrogen-bond acceptors (Lipinski definition) is 4. The first-order valence-electron chi connectivity index (χ1n) is 8.51. The fourth-order valence-electron chi connectivity index (χ4n) is 3.29. The number of aromatic nitrogens is 3. The van der Waals surface area contributed by atoms with Crippen molar-refractivity contribution in [1.82, 2.24) is 14.5 Å². The second-order valence-electron chi connectivity index (χ2n) is 6.26. The lowest BCUT2D eigenvalue weighted by Gasteiger charge is -2.07. The van der Waals surface area contributed by atoms with Gasteiger partial charge in [0, 0.05) is 27.0 Å². The van der Waals surface area contributed by atoms with Crippen LogP contribution in [0.4, 0.5) is 0 Å². The van der Waals surface area contributed by atoms with Crippen molar-refractivity contribution in [2.45, 2.75) is 0 Å². The topological polar surface area (TPSA) is 67.8 Å². The van der Waals surface area contributed by atoms with Gasteiger partial charge in [0.25, 0.3) is 5.56 Å². The zero-order valence-corrected chi connectivity index (χ0v) is 15.9. The van der Waals surface area contributed by atoms with Gasteiger partial charge in [-0.3, -0.25) is 9.78 Å². The van der Waals surface area contributed by atoms with Gasteiger partial charge in [-0.25, -0.2) is 9.36 Å². The minimum atomic E-state index is -0.501. The van der Waals surface area contributed by atoms with Crippen LogP contribution in [-0.2, 0) is 0 Å². The minimum absolute atomic E-state index is 0.375. The number of nitrogens with one attached hydrogen (secondary N) is 1. The summed E-state index contributed by atoms with van der Waals surface area (Å²) in [5, 5.41) is 1.45. The summed E-state index contributed by atoms with van der Waals surface area (Å²) in [6.45, 7) is 0. The maximum atomic E-state index is 13.2. The monoisotopic (exact) mass is 405 g/mol. The molecular weight excluding hydrogens is 394 g/mol. The van der Waals surface area contributed by atoms with E-state index in [1.807, 2.05) is 36.4 Å². The Morgan fingerprint density at radius 1 is 1.00 bits per heavy atom. The van der Waals surface area contributed by atoms with E-state index in [0.29, 0.717) is 26.4 Å². The first-order chi connectivity index (χ1) is 13.6. The van der Waals surface area contributed by atoms with Crippen LogP contribution in [0.1, 0.15) is 0 Å². The molecule has 0 unspecified atom stereocenters. The second-order valence-corrected chi connectivity index (χ2v) is 7.72. The highest BCUT2D eigenvalue weighted by atomic mass is 35.5. The molecule has 3 aromatic heterocycles. The van der Waals surface area contributed by atoms with Gasteiger partial charge in [-0.05, 0) is 24.3 Å². The fraction of sp³-hybridized carbons (Fsp3) is 0. The lowest BCUT2D eigenvalue weighted by Crippen LogP contribution is -2.33. The van der Waals surface area contributed by atoms with E-state index in [-0.39, 0.29) is 5.56 Å². The molecule has 5 rings (SSSR count). The van der Waals surface area contributed by atoms with Crippen LogP contribution in [0.15, 0.2) is 76.4 Å². The summed E-state index contributed by atoms with van der Waals surface area (Å²) in [4.78, 5) is 34.0. The van der Waals surface area contributed by atoms with Gasteiger partial charge in [-0.2, -0.15) is 0 Å². The lowest BCUT2D eigenvalue weighted by molar-refractivity contribution is 0.908. The Balaban J connectivity index is 1.81. The summed E-state index contributed by atoms with van der Waals surface area (Å²) in [5.74, 6) is 0. The van der Waals surface area contributed by atoms with Crippen LogP contribution in [0.2, 0.25) is 5.02 Å². The molecule has 0 radical (unpaired) electrons. The molecule has 0 bridgehead atoms. The number of halogens is 1. The van der Waals surface area contributed by atoms with Gasteiger partial charge in [0.05, 0.1) is 16.7 Å². The summed E-state index contributed by atoms with van der Waals surface area (Å²) in [6.07, 6.45) is 1.64. The zero-order chi connectivity index (χ0) is 19.3. The molecular formula is C21H12ClN3O2S. The smallest absolute Gasteiger partial charge is 0.306 e. The van der Waals surface area contributed by atoms with Crippen molar-refractivity contribution in [2.75, 3.05) is 0 Å². The highest BCUT2D eigenvalue weighted by Crippen LogP contribution is 2.35. The maximum Gasteiger partial charge on any atom is 0.333 e. The predicted molar refractivity (Wildman–Crippen MR) is 114 cm³/mol. The van der Waals surface area contributed by atoms with Crippen LogP contribution in [-0.4, -0.2) is 14.5 Å². The fourth-order valence-corrected chi connectivity index (χ4v) is 4.67. The van der Waals surface area contributed by atoms with Gasteiger partial charge in [0.2, 0.25) is 0 Å². The second kappa shape index (κ2) is 6.44. The Kier molecular flexibility index (Phi) is 3.89. The Morgan fingerprint density at radius 3 is 2.68 bits per heavy atom. The molecule has 3 heterocycles. The largest absolute Gasteiger partial charge is 0.333 e. The number of rotatable bonds is 2. The molecule has 0 amide bonds. The summed E-state index contributed by atoms with van der Waals surface area (Å²) in [7, 11) is 0. The Hall–Kier alpha value is -3.22. The van der Waals surface area contributed by atoms with Gasteiger partial charge in [0.1, 0.15) is 4.70 Å². The Labute approximate surface area is 167 Å². The first kappa shape index (κ1) is 16.9. The van der Waals surface area contributed by atoms with E-state index in [1.54, 1.807) is 30.5 Å². The lowest BCUT2D eigenvalue weighted by atomic mass is 10.2. The molecule has 0 aliphatic carbocycles. The van der Waals surface area contributed by atoms with Crippen LogP contribution >= 0.6 is 22.9 Å². The van der Waals surface area contributed by atoms with Gasteiger partial charge in [-0.15, -0.1) is 11.3 Å². The van der Waals surface area contributed by atoms with E-state index in [4.69, 9.17) is 11.6 Å². The number of nitrogens with zero attached hydrogens (tertiary/aromatic N) is 2. The van der Waals surface area contributed by atoms with Crippen LogP contribution in [0.25, 0.3) is 37.2 Å². The number of aromatic amines is 1. The number of H-pyrrole nitrogens is 1. The van der Waals surface area contributed by atoms with Gasteiger partial charge in [-0.1, -0.05) is 48.0 Å². The standard InChI is InChI=1S/C21H12ClN3O2S/c22-14-8-2-1-7-13(14)17-11-15-19(28-17)20(26)25(21(27)24-15)16-9-3-5-12-6-4-10-23-18(12)16/h1-11H,(H,24,27). The van der Waals surface area contributed by atoms with Crippen LogP contribution in [0.3, 0.4) is 0 Å². The highest BCUT2D eigenvalue weighted by Gasteiger charge is 2.16. The van der Waals surface area contributed by atoms with Crippen molar-refractivity contribution >= 4 is 44.1 Å². The minimum Gasteiger partial charge on any atom is -0.306 e. The first-order valence-corrected chi connectivity index (χ1v) is 9.71. The molecule has 1 N–H and O–H groups in total. The molecule has 0 spiro atoms. The van der Waals surface area contributed by atoms with Crippen molar-refractivity contribution in [1.29, 1.82) is 0 Å². The molecule has 0 saturated heterocycles. The molecule has 5 nitrogen and oxygen atoms in total. The van der Waals surface area contributed by atoms with Crippen LogP contribution < -0.4 is 11.2 Å². The average Bonchev–Trinajstić information content (AvgIpc) is 3.12. The molecule has 136 valence electrons. The maximum absolute atomic E-state index is 13.2. The Bertz CT molecular complexity index is 1480. The summed E-state index contributed by atoms with van der Waals surface area (Å²) >= 11 is 7.60. The van der Waals surface area contributed by atoms with E-state index >= 15 is 0 Å². The van der Waals surface area contributed by atoms with Crippen molar-refractivity contribution in [2.24, 2.45) is 0 Å². The number of pyridine rings is 1. The number of benzene rings is 2.